The van der Waals surface area contributed by atoms with Crippen LogP contribution >= 0.6 is 24.0 Å². The van der Waals surface area contributed by atoms with Gasteiger partial charge in [0.15, 0.2) is 5.78 Å². The highest BCUT2D eigenvalue weighted by Gasteiger charge is 2.17. The average molecular weight is 361 g/mol. The molecule has 24 heavy (non-hydrogen) atoms. The quantitative estimate of drug-likeness (QED) is 0.418. The molecule has 1 aliphatic carbocycles. The predicted molar refractivity (Wildman–Crippen MR) is 108 cm³/mol. The topological polar surface area (TPSA) is 41.1 Å². The Balaban J connectivity index is 1.92. The molecule has 0 spiro atoms. The zero-order valence-electron chi connectivity index (χ0n) is 14.2. The van der Waals surface area contributed by atoms with Gasteiger partial charge in [0, 0.05) is 30.6 Å². The molecule has 0 atom stereocenters. The summed E-state index contributed by atoms with van der Waals surface area (Å²) in [5, 5.41) is 6.88. The highest BCUT2D eigenvalue weighted by atomic mass is 32.2. The summed E-state index contributed by atoms with van der Waals surface area (Å²) < 4.78 is 1.00. The molecule has 1 aromatic carbocycles. The summed E-state index contributed by atoms with van der Waals surface area (Å²) in [6.45, 7) is 3.12. The third-order valence-corrected chi connectivity index (χ3v) is 5.22. The van der Waals surface area contributed by atoms with Gasteiger partial charge in [-0.15, -0.1) is 11.8 Å². The molecule has 128 valence electrons. The van der Waals surface area contributed by atoms with Gasteiger partial charge in [-0.2, -0.15) is 0 Å². The van der Waals surface area contributed by atoms with Crippen LogP contribution < -0.4 is 10.6 Å². The largest absolute Gasteiger partial charge is 0.386 e. The fourth-order valence-electron chi connectivity index (χ4n) is 2.76. The van der Waals surface area contributed by atoms with Gasteiger partial charge in [-0.3, -0.25) is 4.79 Å². The normalized spacial score (nSPS) is 14.7. The van der Waals surface area contributed by atoms with Crippen LogP contribution in [0.5, 0.6) is 0 Å². The number of nitrogens with one attached hydrogen (secondary N) is 2. The van der Waals surface area contributed by atoms with E-state index in [1.165, 1.54) is 17.7 Å². The predicted octanol–water partition coefficient (Wildman–Crippen LogP) is 3.92. The zero-order valence-corrected chi connectivity index (χ0v) is 15.9. The lowest BCUT2D eigenvalue weighted by molar-refractivity contribution is -0.112. The minimum absolute atomic E-state index is 0.0421. The lowest BCUT2D eigenvalue weighted by Crippen LogP contribution is -2.26. The van der Waals surface area contributed by atoms with E-state index in [1.807, 2.05) is 36.6 Å². The monoisotopic (exact) mass is 360 g/mol. The van der Waals surface area contributed by atoms with E-state index in [2.05, 4.69) is 10.6 Å². The molecule has 2 rings (SSSR count). The molecule has 1 aliphatic rings. The smallest absolute Gasteiger partial charge is 0.154 e. The number of thioether (sulfide) groups is 1. The maximum absolute atomic E-state index is 11.5. The van der Waals surface area contributed by atoms with Crippen molar-refractivity contribution in [3.63, 3.8) is 0 Å². The molecule has 0 fully saturated rings. The van der Waals surface area contributed by atoms with Gasteiger partial charge in [0.2, 0.25) is 0 Å². The van der Waals surface area contributed by atoms with Gasteiger partial charge in [-0.1, -0.05) is 42.5 Å². The first-order chi connectivity index (χ1) is 11.6. The standard InChI is InChI=1S/C19H24N2OS2/c1-14(22)13-18(15-7-4-3-5-8-15)21-12-11-20-17-10-6-9-16(17)19(23)24-2/h3-5,7-8,13,20-21H,6,9-12H2,1-2H3/b18-13+. The number of benzene rings is 1. The number of hydrogen-bond acceptors (Lipinski definition) is 5. The lowest BCUT2D eigenvalue weighted by atomic mass is 10.1. The van der Waals surface area contributed by atoms with E-state index >= 15 is 0 Å². The molecule has 0 amide bonds. The van der Waals surface area contributed by atoms with Gasteiger partial charge in [0.25, 0.3) is 0 Å². The maximum atomic E-state index is 11.5. The highest BCUT2D eigenvalue weighted by molar-refractivity contribution is 8.23. The molecular weight excluding hydrogens is 336 g/mol. The second kappa shape index (κ2) is 9.64. The van der Waals surface area contributed by atoms with Crippen molar-refractivity contribution in [2.45, 2.75) is 26.2 Å². The van der Waals surface area contributed by atoms with Crippen molar-refractivity contribution in [1.29, 1.82) is 0 Å². The maximum Gasteiger partial charge on any atom is 0.154 e. The number of hydrogen-bond donors (Lipinski definition) is 2. The Morgan fingerprint density at radius 3 is 2.67 bits per heavy atom. The third-order valence-electron chi connectivity index (χ3n) is 3.86. The van der Waals surface area contributed by atoms with Crippen molar-refractivity contribution in [2.24, 2.45) is 0 Å². The first-order valence-corrected chi connectivity index (χ1v) is 9.81. The minimum Gasteiger partial charge on any atom is -0.386 e. The van der Waals surface area contributed by atoms with Crippen LogP contribution in [0.15, 0.2) is 47.7 Å². The summed E-state index contributed by atoms with van der Waals surface area (Å²) >= 11 is 7.07. The molecule has 5 heteroatoms. The Kier molecular flexibility index (Phi) is 7.53. The molecular formula is C19H24N2OS2. The van der Waals surface area contributed by atoms with E-state index in [9.17, 15) is 4.79 Å². The van der Waals surface area contributed by atoms with Crippen molar-refractivity contribution in [1.82, 2.24) is 10.6 Å². The minimum atomic E-state index is 0.0421. The number of ketones is 1. The van der Waals surface area contributed by atoms with Crippen LogP contribution in [0.4, 0.5) is 0 Å². The SMILES string of the molecule is CSC(=S)C1=C(NCCN/C(=C/C(C)=O)c2ccccc2)CCC1. The lowest BCUT2D eigenvalue weighted by Gasteiger charge is -2.14. The van der Waals surface area contributed by atoms with Crippen LogP contribution in [0.2, 0.25) is 0 Å². The molecule has 0 aliphatic heterocycles. The molecule has 0 radical (unpaired) electrons. The van der Waals surface area contributed by atoms with E-state index < -0.39 is 0 Å². The zero-order chi connectivity index (χ0) is 17.4. The summed E-state index contributed by atoms with van der Waals surface area (Å²) in [5.74, 6) is 0.0421. The van der Waals surface area contributed by atoms with E-state index in [1.54, 1.807) is 24.8 Å². The van der Waals surface area contributed by atoms with Gasteiger partial charge in [-0.25, -0.2) is 0 Å². The molecule has 0 saturated heterocycles. The van der Waals surface area contributed by atoms with Crippen LogP contribution in [0, 0.1) is 0 Å². The number of allylic oxidation sites excluding steroid dienone is 2. The number of thiocarbonyl (C=S) groups is 1. The summed E-state index contributed by atoms with van der Waals surface area (Å²) in [5.41, 5.74) is 4.48. The van der Waals surface area contributed by atoms with Crippen LogP contribution in [0.3, 0.4) is 0 Å². The van der Waals surface area contributed by atoms with Gasteiger partial charge in [0.05, 0.1) is 4.20 Å². The van der Waals surface area contributed by atoms with Crippen LogP contribution in [0.25, 0.3) is 5.70 Å². The van der Waals surface area contributed by atoms with Gasteiger partial charge >= 0.3 is 0 Å². The van der Waals surface area contributed by atoms with Crippen molar-refractivity contribution in [2.75, 3.05) is 19.3 Å². The van der Waals surface area contributed by atoms with Crippen LogP contribution in [0.1, 0.15) is 31.7 Å². The van der Waals surface area contributed by atoms with Crippen LogP contribution in [-0.2, 0) is 4.79 Å². The molecule has 2 N–H and O–H groups in total. The summed E-state index contributed by atoms with van der Waals surface area (Å²) in [7, 11) is 0. The summed E-state index contributed by atoms with van der Waals surface area (Å²) in [6, 6.07) is 9.93. The molecule has 0 heterocycles. The third kappa shape index (κ3) is 5.49. The van der Waals surface area contributed by atoms with E-state index in [4.69, 9.17) is 12.2 Å². The Hall–Kier alpha value is -1.59. The highest BCUT2D eigenvalue weighted by Crippen LogP contribution is 2.28. The Morgan fingerprint density at radius 1 is 1.25 bits per heavy atom. The van der Waals surface area contributed by atoms with E-state index in [-0.39, 0.29) is 5.78 Å². The number of carbonyl (C=O) groups excluding carboxylic acids is 1. The van der Waals surface area contributed by atoms with Crippen molar-refractivity contribution in [3.8, 4) is 0 Å². The van der Waals surface area contributed by atoms with Gasteiger partial charge < -0.3 is 10.6 Å². The van der Waals surface area contributed by atoms with Crippen LogP contribution in [-0.4, -0.2) is 29.3 Å². The Labute approximate surface area is 154 Å². The fourth-order valence-corrected chi connectivity index (χ4v) is 3.45. The van der Waals surface area contributed by atoms with Gasteiger partial charge in [0.1, 0.15) is 0 Å². The fraction of sp³-hybridized carbons (Fsp3) is 0.368. The van der Waals surface area contributed by atoms with Gasteiger partial charge in [-0.05, 0) is 43.6 Å². The van der Waals surface area contributed by atoms with Crippen molar-refractivity contribution < 1.29 is 4.79 Å². The summed E-state index contributed by atoms with van der Waals surface area (Å²) in [6.07, 6.45) is 7.01. The molecule has 0 bridgehead atoms. The number of rotatable bonds is 8. The molecule has 0 unspecified atom stereocenters. The number of carbonyl (C=O) groups is 1. The molecule has 0 aromatic heterocycles. The van der Waals surface area contributed by atoms with Crippen molar-refractivity contribution in [3.05, 3.63) is 53.2 Å². The summed E-state index contributed by atoms with van der Waals surface area (Å²) in [4.78, 5) is 11.5. The van der Waals surface area contributed by atoms with E-state index in [0.717, 1.165) is 41.4 Å². The molecule has 3 nitrogen and oxygen atoms in total. The van der Waals surface area contributed by atoms with Crippen molar-refractivity contribution >= 4 is 39.7 Å². The molecule has 1 aromatic rings. The average Bonchev–Trinajstić information content (AvgIpc) is 3.06. The Morgan fingerprint density at radius 2 is 2.00 bits per heavy atom. The first-order valence-electron chi connectivity index (χ1n) is 8.17. The first kappa shape index (κ1) is 18.7. The Bertz CT molecular complexity index is 651. The molecule has 0 saturated carbocycles. The van der Waals surface area contributed by atoms with E-state index in [0.29, 0.717) is 0 Å². The second-order valence-corrected chi connectivity index (χ2v) is 7.17. The second-order valence-electron chi connectivity index (χ2n) is 5.69.